The number of likely N-dealkylation sites (N-methyl/N-ethyl adjacent to an activating group) is 2. The van der Waals surface area contributed by atoms with Crippen LogP contribution < -0.4 is 5.48 Å². The monoisotopic (exact) mass is 863 g/mol. The average molecular weight is 863 g/mol. The Morgan fingerprint density at radius 2 is 1.70 bits per heavy atom. The molecule has 14 atom stereocenters. The summed E-state index contributed by atoms with van der Waals surface area (Å²) in [6, 6.07) is 7.03. The van der Waals surface area contributed by atoms with Crippen molar-refractivity contribution in [2.75, 3.05) is 20.6 Å². The fourth-order valence-corrected chi connectivity index (χ4v) is 9.18. The third kappa shape index (κ3) is 13.0. The van der Waals surface area contributed by atoms with Crippen LogP contribution in [0.2, 0.25) is 0 Å². The van der Waals surface area contributed by atoms with Crippen LogP contribution in [0.15, 0.2) is 30.5 Å². The number of rotatable bonds is 13. The number of aromatic nitrogens is 3. The summed E-state index contributed by atoms with van der Waals surface area (Å²) in [4.78, 5) is 28.7. The Labute approximate surface area is 361 Å². The molecule has 2 aromatic rings. The summed E-state index contributed by atoms with van der Waals surface area (Å²) in [5.41, 5.74) is 0.915. The van der Waals surface area contributed by atoms with Gasteiger partial charge >= 0.3 is 5.97 Å². The predicted octanol–water partition coefficient (Wildman–Crippen LogP) is 2.87. The highest BCUT2D eigenvalue weighted by Crippen LogP contribution is 2.37. The van der Waals surface area contributed by atoms with E-state index in [0.717, 1.165) is 29.7 Å². The van der Waals surface area contributed by atoms with Gasteiger partial charge in [-0.05, 0) is 92.3 Å². The van der Waals surface area contributed by atoms with Crippen LogP contribution in [0.25, 0.3) is 11.3 Å². The second-order valence-electron chi connectivity index (χ2n) is 18.5. The van der Waals surface area contributed by atoms with E-state index in [1.165, 1.54) is 13.8 Å². The minimum absolute atomic E-state index is 0.156. The summed E-state index contributed by atoms with van der Waals surface area (Å²) in [5.74, 6) is -3.26. The number of ether oxygens (including phenoxy) is 3. The Hall–Kier alpha value is -3.10. The van der Waals surface area contributed by atoms with Gasteiger partial charge in [0.25, 0.3) is 0 Å². The molecule has 17 nitrogen and oxygen atoms in total. The molecule has 4 rings (SSSR count). The van der Waals surface area contributed by atoms with Gasteiger partial charge in [0.15, 0.2) is 6.29 Å². The number of carbonyl (C=O) groups excluding carboxylic acids is 2. The van der Waals surface area contributed by atoms with Gasteiger partial charge in [0.1, 0.15) is 29.6 Å². The highest BCUT2D eigenvalue weighted by molar-refractivity contribution is 5.74. The molecule has 7 N–H and O–H groups in total. The number of hydrogen-bond donors (Lipinski definition) is 7. The van der Waals surface area contributed by atoms with E-state index in [1.54, 1.807) is 37.9 Å². The molecular formula is C44H74N6O11. The van der Waals surface area contributed by atoms with Crippen LogP contribution in [0.5, 0.6) is 0 Å². The minimum atomic E-state index is -1.79. The van der Waals surface area contributed by atoms with Crippen molar-refractivity contribution < 1.29 is 54.5 Å². The van der Waals surface area contributed by atoms with Crippen molar-refractivity contribution in [1.29, 1.82) is 0 Å². The Morgan fingerprint density at radius 3 is 2.34 bits per heavy atom. The number of nitrogens with zero attached hydrogens (tertiary/aromatic N) is 5. The maximum atomic E-state index is 13.6. The lowest BCUT2D eigenvalue weighted by Crippen LogP contribution is -2.59. The molecule has 2 aliphatic rings. The lowest BCUT2D eigenvalue weighted by Gasteiger charge is -2.47. The highest BCUT2D eigenvalue weighted by atomic mass is 16.7. The van der Waals surface area contributed by atoms with Gasteiger partial charge in [0.2, 0.25) is 5.91 Å². The van der Waals surface area contributed by atoms with Crippen molar-refractivity contribution in [3.05, 3.63) is 36.0 Å². The SMILES string of the molecule is CCC1OC(=O)C(C)C(O)C(C)C(OC2OC(C)CC(N(C)Cc3ccc(-c4cn(CCCCCC(=O)NO)nn4)cc3)C2O)C(C)(O)CC(C)CN(C)C(C)C(O)C1(C)O. The van der Waals surface area contributed by atoms with Crippen LogP contribution in [-0.4, -0.2) is 154 Å². The zero-order chi connectivity index (χ0) is 45.4. The molecule has 0 aliphatic carbocycles. The van der Waals surface area contributed by atoms with E-state index >= 15 is 0 Å². The van der Waals surface area contributed by atoms with Gasteiger partial charge in [-0.3, -0.25) is 24.4 Å². The van der Waals surface area contributed by atoms with Crippen LogP contribution >= 0.6 is 0 Å². The summed E-state index contributed by atoms with van der Waals surface area (Å²) in [5, 5.41) is 76.0. The molecule has 2 saturated heterocycles. The standard InChI is InChI=1S/C44H74N6O11/c1-11-35-44(8,57)39(54)30(6)48(9)23-26(2)22-43(7,56)40(28(4)37(52)29(5)41(55)60-35)61-42-38(53)34(21-27(3)59-42)49(10)24-31-16-18-32(19-17-31)33-25-50(47-45-33)20-14-12-13-15-36(51)46-58/h16-19,25-30,34-35,37-40,42,52-54,56-58H,11-15,20-24H2,1-10H3,(H,46,51). The zero-order valence-corrected chi connectivity index (χ0v) is 37.8. The van der Waals surface area contributed by atoms with Crippen molar-refractivity contribution in [3.8, 4) is 11.3 Å². The number of aliphatic hydroxyl groups is 5. The number of aliphatic hydroxyl groups excluding tert-OH is 3. The molecule has 2 fully saturated rings. The van der Waals surface area contributed by atoms with Gasteiger partial charge in [-0.2, -0.15) is 0 Å². The first-order valence-electron chi connectivity index (χ1n) is 21.9. The van der Waals surface area contributed by atoms with Gasteiger partial charge in [-0.15, -0.1) is 5.10 Å². The number of cyclic esters (lactones) is 1. The number of aryl methyl sites for hydroxylation is 1. The maximum Gasteiger partial charge on any atom is 0.311 e. The Bertz CT molecular complexity index is 1680. The molecule has 346 valence electrons. The molecule has 17 heteroatoms. The number of nitrogens with one attached hydrogen (secondary N) is 1. The smallest absolute Gasteiger partial charge is 0.311 e. The van der Waals surface area contributed by atoms with E-state index in [1.807, 2.05) is 68.2 Å². The average Bonchev–Trinajstić information content (AvgIpc) is 3.69. The number of hydrogen-bond acceptors (Lipinski definition) is 15. The van der Waals surface area contributed by atoms with Crippen molar-refractivity contribution >= 4 is 11.9 Å². The molecule has 3 heterocycles. The van der Waals surface area contributed by atoms with Gasteiger partial charge < -0.3 is 44.6 Å². The molecule has 2 aliphatic heterocycles. The highest BCUT2D eigenvalue weighted by Gasteiger charge is 2.50. The molecule has 0 saturated carbocycles. The number of benzene rings is 1. The summed E-state index contributed by atoms with van der Waals surface area (Å²) < 4.78 is 20.4. The van der Waals surface area contributed by atoms with Crippen molar-refractivity contribution in [2.45, 2.75) is 180 Å². The van der Waals surface area contributed by atoms with E-state index in [4.69, 9.17) is 19.4 Å². The molecular weight excluding hydrogens is 789 g/mol. The van der Waals surface area contributed by atoms with Crippen molar-refractivity contribution in [2.24, 2.45) is 17.8 Å². The van der Waals surface area contributed by atoms with Crippen molar-refractivity contribution in [1.82, 2.24) is 30.3 Å². The number of hydroxylamine groups is 1. The van der Waals surface area contributed by atoms with E-state index in [9.17, 15) is 35.1 Å². The van der Waals surface area contributed by atoms with E-state index in [-0.39, 0.29) is 31.3 Å². The Kier molecular flexibility index (Phi) is 18.2. The van der Waals surface area contributed by atoms with E-state index in [2.05, 4.69) is 10.3 Å². The van der Waals surface area contributed by atoms with Crippen molar-refractivity contribution in [3.63, 3.8) is 0 Å². The fraction of sp³-hybridized carbons (Fsp3) is 0.773. The normalized spacial score (nSPS) is 36.2. The van der Waals surface area contributed by atoms with Crippen LogP contribution in [0, 0.1) is 17.8 Å². The molecule has 61 heavy (non-hydrogen) atoms. The van der Waals surface area contributed by atoms with E-state index < -0.39 is 83.8 Å². The Balaban J connectivity index is 1.49. The first kappa shape index (κ1) is 50.5. The molecule has 1 aromatic carbocycles. The fourth-order valence-electron chi connectivity index (χ4n) is 9.18. The Morgan fingerprint density at radius 1 is 1.03 bits per heavy atom. The van der Waals surface area contributed by atoms with Crippen LogP contribution in [-0.2, 0) is 36.9 Å². The molecule has 1 aromatic heterocycles. The van der Waals surface area contributed by atoms with Gasteiger partial charge in [-0.25, -0.2) is 5.48 Å². The van der Waals surface area contributed by atoms with Gasteiger partial charge in [-0.1, -0.05) is 56.7 Å². The summed E-state index contributed by atoms with van der Waals surface area (Å²) in [6.45, 7) is 15.3. The molecule has 0 radical (unpaired) electrons. The second-order valence-corrected chi connectivity index (χ2v) is 18.5. The van der Waals surface area contributed by atoms with Crippen LogP contribution in [0.1, 0.15) is 106 Å². The third-order valence-corrected chi connectivity index (χ3v) is 13.0. The summed E-state index contributed by atoms with van der Waals surface area (Å²) in [7, 11) is 3.75. The van der Waals surface area contributed by atoms with Gasteiger partial charge in [0, 0.05) is 49.6 Å². The minimum Gasteiger partial charge on any atom is -0.459 e. The molecule has 0 bridgehead atoms. The topological polar surface area (TPSA) is 232 Å². The largest absolute Gasteiger partial charge is 0.459 e. The third-order valence-electron chi connectivity index (χ3n) is 13.0. The quantitative estimate of drug-likeness (QED) is 0.0665. The number of unbranched alkanes of at least 4 members (excludes halogenated alkanes) is 2. The van der Waals surface area contributed by atoms with Gasteiger partial charge in [0.05, 0.1) is 36.0 Å². The molecule has 1 amide bonds. The first-order chi connectivity index (χ1) is 28.6. The summed E-state index contributed by atoms with van der Waals surface area (Å²) >= 11 is 0. The lowest BCUT2D eigenvalue weighted by atomic mass is 9.78. The first-order valence-corrected chi connectivity index (χ1v) is 21.9. The van der Waals surface area contributed by atoms with Crippen LogP contribution in [0.4, 0.5) is 0 Å². The zero-order valence-electron chi connectivity index (χ0n) is 37.8. The predicted molar refractivity (Wildman–Crippen MR) is 227 cm³/mol. The lowest BCUT2D eigenvalue weighted by molar-refractivity contribution is -0.300. The number of amides is 1. The van der Waals surface area contributed by atoms with Crippen LogP contribution in [0.3, 0.4) is 0 Å². The number of carbonyl (C=O) groups is 2. The number of esters is 1. The second kappa shape index (κ2) is 22.0. The maximum absolute atomic E-state index is 13.6. The summed E-state index contributed by atoms with van der Waals surface area (Å²) in [6.07, 6.45) is -2.05. The molecule has 14 unspecified atom stereocenters. The molecule has 0 spiro atoms. The van der Waals surface area contributed by atoms with E-state index in [0.29, 0.717) is 32.5 Å².